The van der Waals surface area contributed by atoms with Crippen LogP contribution >= 0.6 is 15.9 Å². The molecule has 7 nitrogen and oxygen atoms in total. The van der Waals surface area contributed by atoms with Gasteiger partial charge in [0, 0.05) is 0 Å². The molecule has 2 aliphatic heterocycles. The van der Waals surface area contributed by atoms with Gasteiger partial charge in [0.2, 0.25) is 0 Å². The first-order chi connectivity index (χ1) is 14.0. The second-order valence-electron chi connectivity index (χ2n) is 6.98. The maximum absolute atomic E-state index is 13.4. The van der Waals surface area contributed by atoms with Crippen molar-refractivity contribution < 1.29 is 9.53 Å². The number of aromatic nitrogens is 3. The fourth-order valence-corrected chi connectivity index (χ4v) is 5.21. The van der Waals surface area contributed by atoms with Gasteiger partial charge in [0.1, 0.15) is 0 Å². The van der Waals surface area contributed by atoms with Crippen LogP contribution in [0, 0.1) is 0 Å². The monoisotopic (exact) mass is 453 g/mol. The Morgan fingerprint density at radius 3 is 1.97 bits per heavy atom. The molecule has 0 amide bonds. The molecule has 0 fully saturated rings. The molecule has 0 radical (unpaired) electrons. The van der Waals surface area contributed by atoms with Gasteiger partial charge in [0.25, 0.3) is 0 Å². The van der Waals surface area contributed by atoms with Gasteiger partial charge >= 0.3 is 17.3 Å². The van der Waals surface area contributed by atoms with E-state index in [4.69, 9.17) is 4.74 Å². The van der Waals surface area contributed by atoms with Crippen molar-refractivity contribution in [3.05, 3.63) is 98.9 Å². The van der Waals surface area contributed by atoms with Crippen LogP contribution in [0.1, 0.15) is 12.1 Å². The molecule has 29 heavy (non-hydrogen) atoms. The molecule has 6 rings (SSSR count). The summed E-state index contributed by atoms with van der Waals surface area (Å²) in [6.45, 7) is 0. The topological polar surface area (TPSA) is 75.2 Å². The SMILES string of the molecule is COC(=O)C1(Br)C2=CC=CC=C1[C@H]1C=C[C@H]2n2c(=O)n(-c3ccccc3)c(=O)n21. The average molecular weight is 454 g/mol. The standard InChI is InChI=1S/C21H16BrN3O4/c1-29-18(26)21(22)14-9-5-6-10-15(21)17-12-11-16(14)24-19(27)23(20(28)25(17)24)13-7-3-2-4-8-13/h2-12,16-17H,1H3/t16-,17-/m1/s1. The highest BCUT2D eigenvalue weighted by atomic mass is 79.9. The minimum Gasteiger partial charge on any atom is -0.467 e. The molecule has 2 atom stereocenters. The van der Waals surface area contributed by atoms with Gasteiger partial charge in [-0.05, 0) is 23.3 Å². The van der Waals surface area contributed by atoms with Gasteiger partial charge < -0.3 is 4.74 Å². The van der Waals surface area contributed by atoms with Gasteiger partial charge in [-0.15, -0.1) is 0 Å². The normalized spacial score (nSPS) is 26.3. The van der Waals surface area contributed by atoms with Crippen molar-refractivity contribution in [3.8, 4) is 5.69 Å². The highest BCUT2D eigenvalue weighted by Gasteiger charge is 2.54. The Bertz CT molecular complexity index is 1210. The first kappa shape index (κ1) is 17.9. The van der Waals surface area contributed by atoms with Gasteiger partial charge in [0.15, 0.2) is 4.32 Å². The zero-order chi connectivity index (χ0) is 20.3. The summed E-state index contributed by atoms with van der Waals surface area (Å²) in [7, 11) is 1.32. The van der Waals surface area contributed by atoms with Crippen LogP contribution in [-0.2, 0) is 9.53 Å². The number of esters is 1. The van der Waals surface area contributed by atoms with E-state index in [1.165, 1.54) is 16.5 Å². The molecular weight excluding hydrogens is 438 g/mol. The average Bonchev–Trinajstić information content (AvgIpc) is 2.86. The number of benzene rings is 1. The van der Waals surface area contributed by atoms with E-state index in [9.17, 15) is 14.4 Å². The van der Waals surface area contributed by atoms with Crippen molar-refractivity contribution in [3.63, 3.8) is 0 Å². The Morgan fingerprint density at radius 2 is 1.48 bits per heavy atom. The van der Waals surface area contributed by atoms with Crippen LogP contribution < -0.4 is 11.4 Å². The van der Waals surface area contributed by atoms with E-state index < -0.39 is 33.8 Å². The minimum atomic E-state index is -1.27. The molecule has 0 saturated carbocycles. The third-order valence-corrected chi connectivity index (χ3v) is 6.83. The molecule has 0 spiro atoms. The van der Waals surface area contributed by atoms with Crippen LogP contribution in [-0.4, -0.2) is 31.3 Å². The van der Waals surface area contributed by atoms with E-state index in [1.807, 2.05) is 30.4 Å². The van der Waals surface area contributed by atoms with Gasteiger partial charge in [-0.1, -0.05) is 70.6 Å². The molecule has 1 aromatic heterocycles. The number of nitrogens with zero attached hydrogens (tertiary/aromatic N) is 3. The Labute approximate surface area is 173 Å². The van der Waals surface area contributed by atoms with Crippen LogP contribution in [0.5, 0.6) is 0 Å². The molecule has 3 heterocycles. The van der Waals surface area contributed by atoms with E-state index in [2.05, 4.69) is 15.9 Å². The van der Waals surface area contributed by atoms with E-state index in [-0.39, 0.29) is 0 Å². The van der Waals surface area contributed by atoms with Crippen LogP contribution in [0.3, 0.4) is 0 Å². The summed E-state index contributed by atoms with van der Waals surface area (Å²) in [6.07, 6.45) is 10.9. The summed E-state index contributed by atoms with van der Waals surface area (Å²) in [4.78, 5) is 39.6. The molecule has 146 valence electrons. The quantitative estimate of drug-likeness (QED) is 0.396. The van der Waals surface area contributed by atoms with Crippen LogP contribution in [0.4, 0.5) is 0 Å². The molecule has 8 heteroatoms. The van der Waals surface area contributed by atoms with E-state index in [0.717, 1.165) is 4.57 Å². The molecule has 2 aromatic rings. The number of methoxy groups -OCH3 is 1. The number of alkyl halides is 1. The maximum atomic E-state index is 13.4. The van der Waals surface area contributed by atoms with Crippen LogP contribution in [0.15, 0.2) is 87.5 Å². The smallest absolute Gasteiger partial charge is 0.352 e. The number of halogens is 1. The molecule has 1 aromatic carbocycles. The molecule has 2 aliphatic carbocycles. The number of rotatable bonds is 2. The summed E-state index contributed by atoms with van der Waals surface area (Å²) in [5.74, 6) is -0.500. The minimum absolute atomic E-state index is 0.461. The van der Waals surface area contributed by atoms with Crippen LogP contribution in [0.25, 0.3) is 5.69 Å². The zero-order valence-corrected chi connectivity index (χ0v) is 16.9. The maximum Gasteiger partial charge on any atom is 0.352 e. The lowest BCUT2D eigenvalue weighted by molar-refractivity contribution is -0.141. The fourth-order valence-electron chi connectivity index (χ4n) is 4.32. The second kappa shape index (κ2) is 6.18. The van der Waals surface area contributed by atoms with Gasteiger partial charge in [-0.3, -0.25) is 0 Å². The Hall–Kier alpha value is -3.13. The predicted molar refractivity (Wildman–Crippen MR) is 110 cm³/mol. The first-order valence-electron chi connectivity index (χ1n) is 9.06. The first-order valence-corrected chi connectivity index (χ1v) is 9.86. The number of carbonyl (C=O) groups is 1. The highest BCUT2D eigenvalue weighted by molar-refractivity contribution is 9.10. The van der Waals surface area contributed by atoms with E-state index in [0.29, 0.717) is 16.8 Å². The number of carbonyl (C=O) groups excluding carboxylic acids is 1. The van der Waals surface area contributed by atoms with Crippen molar-refractivity contribution in [2.75, 3.05) is 7.11 Å². The lowest BCUT2D eigenvalue weighted by atomic mass is 9.86. The number of hydrogen-bond donors (Lipinski definition) is 0. The van der Waals surface area contributed by atoms with Crippen LogP contribution in [0.2, 0.25) is 0 Å². The van der Waals surface area contributed by atoms with Crippen molar-refractivity contribution in [1.29, 1.82) is 0 Å². The Balaban J connectivity index is 1.85. The molecule has 0 unspecified atom stereocenters. The predicted octanol–water partition coefficient (Wildman–Crippen LogP) is 2.20. The summed E-state index contributed by atoms with van der Waals surface area (Å²) in [5, 5.41) is 0. The number of para-hydroxylation sites is 1. The summed E-state index contributed by atoms with van der Waals surface area (Å²) >= 11 is 3.61. The van der Waals surface area contributed by atoms with Crippen molar-refractivity contribution in [2.24, 2.45) is 0 Å². The molecular formula is C21H16BrN3O4. The molecule has 0 saturated heterocycles. The van der Waals surface area contributed by atoms with Gasteiger partial charge in [-0.2, -0.15) is 0 Å². The number of hydrogen-bond acceptors (Lipinski definition) is 4. The van der Waals surface area contributed by atoms with Gasteiger partial charge in [-0.25, -0.2) is 28.3 Å². The second-order valence-corrected chi connectivity index (χ2v) is 8.17. The molecule has 4 bridgehead atoms. The largest absolute Gasteiger partial charge is 0.467 e. The molecule has 0 N–H and O–H groups in total. The Morgan fingerprint density at radius 1 is 0.966 bits per heavy atom. The highest BCUT2D eigenvalue weighted by Crippen LogP contribution is 2.51. The summed E-state index contributed by atoms with van der Waals surface area (Å²) < 4.78 is 7.82. The summed E-state index contributed by atoms with van der Waals surface area (Å²) in [6, 6.07) is 7.56. The lowest BCUT2D eigenvalue weighted by Crippen LogP contribution is -2.40. The summed E-state index contributed by atoms with van der Waals surface area (Å²) in [5.41, 5.74) is 0.800. The fraction of sp³-hybridized carbons (Fsp3) is 0.190. The third kappa shape index (κ3) is 2.20. The lowest BCUT2D eigenvalue weighted by Gasteiger charge is -2.29. The third-order valence-electron chi connectivity index (χ3n) is 5.59. The Kier molecular flexibility index (Phi) is 3.82. The number of ether oxygens (including phenoxy) is 1. The van der Waals surface area contributed by atoms with Crippen molar-refractivity contribution in [2.45, 2.75) is 16.4 Å². The van der Waals surface area contributed by atoms with Gasteiger partial charge in [0.05, 0.1) is 24.9 Å². The molecule has 4 aliphatic rings. The van der Waals surface area contributed by atoms with Crippen molar-refractivity contribution >= 4 is 21.9 Å². The zero-order valence-electron chi connectivity index (χ0n) is 15.4. The van der Waals surface area contributed by atoms with Crippen molar-refractivity contribution in [1.82, 2.24) is 13.9 Å². The van der Waals surface area contributed by atoms with E-state index in [1.54, 1.807) is 36.4 Å². The number of allylic oxidation sites excluding steroid dienone is 6. The van der Waals surface area contributed by atoms with E-state index >= 15 is 0 Å².